The van der Waals surface area contributed by atoms with E-state index in [2.05, 4.69) is 21.0 Å². The maximum absolute atomic E-state index is 13.8. The quantitative estimate of drug-likeness (QED) is 0.946. The average Bonchev–Trinajstić information content (AvgIpc) is 2.64. The first kappa shape index (κ1) is 12.3. The fourth-order valence-corrected chi connectivity index (χ4v) is 2.14. The SMILES string of the molecule is Cn1cc(CCN)c(-c2cc(Br)ccc2F)n1. The Balaban J connectivity index is 2.55. The molecule has 0 aliphatic carbocycles. The van der Waals surface area contributed by atoms with Crippen LogP contribution in [0, 0.1) is 5.82 Å². The summed E-state index contributed by atoms with van der Waals surface area (Å²) in [5.74, 6) is -0.273. The van der Waals surface area contributed by atoms with Crippen molar-refractivity contribution in [3.8, 4) is 11.3 Å². The summed E-state index contributed by atoms with van der Waals surface area (Å²) in [5, 5.41) is 4.30. The summed E-state index contributed by atoms with van der Waals surface area (Å²) in [6.07, 6.45) is 2.57. The van der Waals surface area contributed by atoms with E-state index in [1.165, 1.54) is 6.07 Å². The third-order valence-corrected chi connectivity index (χ3v) is 3.00. The molecule has 0 saturated heterocycles. The van der Waals surface area contributed by atoms with E-state index in [1.807, 2.05) is 13.2 Å². The van der Waals surface area contributed by atoms with Crippen molar-refractivity contribution in [3.05, 3.63) is 40.2 Å². The summed E-state index contributed by atoms with van der Waals surface area (Å²) < 4.78 is 16.3. The first-order chi connectivity index (χ1) is 8.11. The normalized spacial score (nSPS) is 10.8. The van der Waals surface area contributed by atoms with Gasteiger partial charge in [-0.2, -0.15) is 5.10 Å². The van der Waals surface area contributed by atoms with E-state index in [-0.39, 0.29) is 5.82 Å². The molecule has 0 unspecified atom stereocenters. The Bertz CT molecular complexity index is 537. The van der Waals surface area contributed by atoms with E-state index in [9.17, 15) is 4.39 Å². The van der Waals surface area contributed by atoms with Crippen molar-refractivity contribution >= 4 is 15.9 Å². The van der Waals surface area contributed by atoms with Crippen LogP contribution < -0.4 is 5.73 Å². The summed E-state index contributed by atoms with van der Waals surface area (Å²) in [5.41, 5.74) is 7.68. The molecule has 0 spiro atoms. The molecular weight excluding hydrogens is 285 g/mol. The lowest BCUT2D eigenvalue weighted by molar-refractivity contribution is 0.629. The van der Waals surface area contributed by atoms with Gasteiger partial charge in [0.05, 0.1) is 5.69 Å². The number of aryl methyl sites for hydroxylation is 1. The molecule has 1 aromatic heterocycles. The standard InChI is InChI=1S/C12H13BrFN3/c1-17-7-8(4-5-15)12(16-17)10-6-9(13)2-3-11(10)14/h2-3,6-7H,4-5,15H2,1H3. The summed E-state index contributed by atoms with van der Waals surface area (Å²) >= 11 is 3.34. The van der Waals surface area contributed by atoms with Crippen LogP contribution in [0.4, 0.5) is 4.39 Å². The Kier molecular flexibility index (Phi) is 3.59. The van der Waals surface area contributed by atoms with Crippen molar-refractivity contribution in [2.24, 2.45) is 12.8 Å². The Hall–Kier alpha value is -1.20. The van der Waals surface area contributed by atoms with Gasteiger partial charge in [-0.3, -0.25) is 4.68 Å². The number of benzene rings is 1. The number of nitrogens with zero attached hydrogens (tertiary/aromatic N) is 2. The Labute approximate surface area is 108 Å². The molecule has 0 aliphatic heterocycles. The summed E-state index contributed by atoms with van der Waals surface area (Å²) in [7, 11) is 1.82. The van der Waals surface area contributed by atoms with Gasteiger partial charge >= 0.3 is 0 Å². The van der Waals surface area contributed by atoms with Crippen LogP contribution in [0.25, 0.3) is 11.3 Å². The smallest absolute Gasteiger partial charge is 0.132 e. The number of hydrogen-bond acceptors (Lipinski definition) is 2. The van der Waals surface area contributed by atoms with E-state index in [4.69, 9.17) is 5.73 Å². The van der Waals surface area contributed by atoms with Crippen molar-refractivity contribution in [1.82, 2.24) is 9.78 Å². The molecule has 0 amide bonds. The van der Waals surface area contributed by atoms with Crippen LogP contribution in [-0.2, 0) is 13.5 Å². The molecule has 0 saturated carbocycles. The fourth-order valence-electron chi connectivity index (χ4n) is 1.78. The minimum atomic E-state index is -0.273. The van der Waals surface area contributed by atoms with E-state index in [0.717, 1.165) is 10.0 Å². The fraction of sp³-hybridized carbons (Fsp3) is 0.250. The van der Waals surface area contributed by atoms with Gasteiger partial charge in [0.2, 0.25) is 0 Å². The molecule has 0 bridgehead atoms. The van der Waals surface area contributed by atoms with Crippen LogP contribution >= 0.6 is 15.9 Å². The first-order valence-electron chi connectivity index (χ1n) is 5.30. The van der Waals surface area contributed by atoms with Crippen LogP contribution in [0.15, 0.2) is 28.9 Å². The summed E-state index contributed by atoms with van der Waals surface area (Å²) in [6, 6.07) is 4.84. The maximum Gasteiger partial charge on any atom is 0.132 e. The van der Waals surface area contributed by atoms with Crippen LogP contribution in [0.5, 0.6) is 0 Å². The maximum atomic E-state index is 13.8. The highest BCUT2D eigenvalue weighted by Crippen LogP contribution is 2.27. The van der Waals surface area contributed by atoms with Gasteiger partial charge < -0.3 is 5.73 Å². The minimum absolute atomic E-state index is 0.273. The molecule has 3 nitrogen and oxygen atoms in total. The number of rotatable bonds is 3. The van der Waals surface area contributed by atoms with Gasteiger partial charge in [-0.1, -0.05) is 15.9 Å². The lowest BCUT2D eigenvalue weighted by atomic mass is 10.1. The average molecular weight is 298 g/mol. The van der Waals surface area contributed by atoms with E-state index in [0.29, 0.717) is 24.2 Å². The molecule has 0 aliphatic rings. The molecule has 0 radical (unpaired) electrons. The molecular formula is C12H13BrFN3. The lowest BCUT2D eigenvalue weighted by Gasteiger charge is -2.03. The van der Waals surface area contributed by atoms with Crippen molar-refractivity contribution < 1.29 is 4.39 Å². The number of halogens is 2. The highest BCUT2D eigenvalue weighted by Gasteiger charge is 2.13. The lowest BCUT2D eigenvalue weighted by Crippen LogP contribution is -2.03. The van der Waals surface area contributed by atoms with Crippen molar-refractivity contribution in [1.29, 1.82) is 0 Å². The monoisotopic (exact) mass is 297 g/mol. The van der Waals surface area contributed by atoms with Gasteiger partial charge in [-0.05, 0) is 36.7 Å². The van der Waals surface area contributed by atoms with Crippen LogP contribution in [0.3, 0.4) is 0 Å². The van der Waals surface area contributed by atoms with Gasteiger partial charge in [0, 0.05) is 23.3 Å². The van der Waals surface area contributed by atoms with Crippen molar-refractivity contribution in [2.45, 2.75) is 6.42 Å². The van der Waals surface area contributed by atoms with Gasteiger partial charge in [-0.15, -0.1) is 0 Å². The molecule has 5 heteroatoms. The second-order valence-corrected chi connectivity index (χ2v) is 4.76. The second kappa shape index (κ2) is 4.98. The Morgan fingerprint density at radius 1 is 1.47 bits per heavy atom. The third-order valence-electron chi connectivity index (χ3n) is 2.50. The largest absolute Gasteiger partial charge is 0.330 e. The minimum Gasteiger partial charge on any atom is -0.330 e. The molecule has 1 heterocycles. The topological polar surface area (TPSA) is 43.8 Å². The van der Waals surface area contributed by atoms with Gasteiger partial charge in [0.1, 0.15) is 5.82 Å². The molecule has 17 heavy (non-hydrogen) atoms. The molecule has 1 aromatic carbocycles. The van der Waals surface area contributed by atoms with E-state index >= 15 is 0 Å². The molecule has 90 valence electrons. The molecule has 0 atom stereocenters. The summed E-state index contributed by atoms with van der Waals surface area (Å²) in [6.45, 7) is 0.522. The first-order valence-corrected chi connectivity index (χ1v) is 6.09. The van der Waals surface area contributed by atoms with E-state index in [1.54, 1.807) is 16.8 Å². The highest BCUT2D eigenvalue weighted by molar-refractivity contribution is 9.10. The van der Waals surface area contributed by atoms with Crippen molar-refractivity contribution in [2.75, 3.05) is 6.54 Å². The number of nitrogens with two attached hydrogens (primary N) is 1. The van der Waals surface area contributed by atoms with Gasteiger partial charge in [0.15, 0.2) is 0 Å². The summed E-state index contributed by atoms with van der Waals surface area (Å²) in [4.78, 5) is 0. The zero-order valence-electron chi connectivity index (χ0n) is 9.45. The van der Waals surface area contributed by atoms with Gasteiger partial charge in [0.25, 0.3) is 0 Å². The van der Waals surface area contributed by atoms with Gasteiger partial charge in [-0.25, -0.2) is 4.39 Å². The Morgan fingerprint density at radius 2 is 2.24 bits per heavy atom. The van der Waals surface area contributed by atoms with Crippen molar-refractivity contribution in [3.63, 3.8) is 0 Å². The second-order valence-electron chi connectivity index (χ2n) is 3.84. The van der Waals surface area contributed by atoms with E-state index < -0.39 is 0 Å². The zero-order valence-corrected chi connectivity index (χ0v) is 11.0. The molecule has 0 fully saturated rings. The number of aromatic nitrogens is 2. The predicted octanol–water partition coefficient (Wildman–Crippen LogP) is 2.49. The molecule has 2 N–H and O–H groups in total. The molecule has 2 aromatic rings. The van der Waals surface area contributed by atoms with Crippen LogP contribution in [-0.4, -0.2) is 16.3 Å². The number of hydrogen-bond donors (Lipinski definition) is 1. The highest BCUT2D eigenvalue weighted by atomic mass is 79.9. The van der Waals surface area contributed by atoms with Crippen LogP contribution in [0.1, 0.15) is 5.56 Å². The zero-order chi connectivity index (χ0) is 12.4. The molecule has 2 rings (SSSR count). The van der Waals surface area contributed by atoms with Crippen LogP contribution in [0.2, 0.25) is 0 Å². The predicted molar refractivity (Wildman–Crippen MR) is 69.1 cm³/mol. The Morgan fingerprint density at radius 3 is 2.94 bits per heavy atom. The third kappa shape index (κ3) is 2.56.